The Bertz CT molecular complexity index is 394. The Morgan fingerprint density at radius 1 is 1.56 bits per heavy atom. The van der Waals surface area contributed by atoms with Gasteiger partial charge in [-0.2, -0.15) is 4.98 Å². The Morgan fingerprint density at radius 3 is 3.06 bits per heavy atom. The minimum absolute atomic E-state index is 0.449. The van der Waals surface area contributed by atoms with E-state index in [0.717, 1.165) is 24.5 Å². The van der Waals surface area contributed by atoms with E-state index < -0.39 is 0 Å². The molecule has 6 nitrogen and oxygen atoms in total. The van der Waals surface area contributed by atoms with Crippen molar-refractivity contribution in [1.29, 1.82) is 0 Å². The van der Waals surface area contributed by atoms with Crippen LogP contribution in [0.1, 0.15) is 18.9 Å². The van der Waals surface area contributed by atoms with Crippen LogP contribution in [-0.2, 0) is 0 Å². The first-order chi connectivity index (χ1) is 8.72. The molecular formula is C12H22N6. The molecule has 1 fully saturated rings. The lowest BCUT2D eigenvalue weighted by Crippen LogP contribution is -2.23. The topological polar surface area (TPSA) is 79.1 Å². The van der Waals surface area contributed by atoms with Gasteiger partial charge in [0.1, 0.15) is 5.82 Å². The molecule has 18 heavy (non-hydrogen) atoms. The van der Waals surface area contributed by atoms with Crippen molar-refractivity contribution in [3.8, 4) is 0 Å². The number of nitrogen functional groups attached to an aromatic ring is 1. The van der Waals surface area contributed by atoms with E-state index in [-0.39, 0.29) is 0 Å². The quantitative estimate of drug-likeness (QED) is 0.530. The number of nitrogens with zero attached hydrogens (tertiary/aromatic N) is 3. The van der Waals surface area contributed by atoms with E-state index >= 15 is 0 Å². The van der Waals surface area contributed by atoms with Gasteiger partial charge in [-0.25, -0.2) is 10.8 Å². The molecule has 0 radical (unpaired) electrons. The number of aryl methyl sites for hydroxylation is 1. The Labute approximate surface area is 108 Å². The van der Waals surface area contributed by atoms with Crippen LogP contribution in [0.2, 0.25) is 0 Å². The summed E-state index contributed by atoms with van der Waals surface area (Å²) in [6, 6.07) is 0. The average Bonchev–Trinajstić information content (AvgIpc) is 2.86. The fourth-order valence-electron chi connectivity index (χ4n) is 2.30. The summed E-state index contributed by atoms with van der Waals surface area (Å²) >= 11 is 0. The van der Waals surface area contributed by atoms with Gasteiger partial charge in [-0.15, -0.1) is 0 Å². The molecule has 0 saturated carbocycles. The number of likely N-dealkylation sites (tertiary alicyclic amines) is 1. The van der Waals surface area contributed by atoms with Crippen LogP contribution in [-0.4, -0.2) is 41.0 Å². The highest BCUT2D eigenvalue weighted by molar-refractivity contribution is 5.46. The van der Waals surface area contributed by atoms with Crippen molar-refractivity contribution in [2.45, 2.75) is 20.3 Å². The van der Waals surface area contributed by atoms with Crippen LogP contribution in [0.4, 0.5) is 11.8 Å². The molecule has 1 aliphatic rings. The minimum atomic E-state index is 0.449. The zero-order valence-corrected chi connectivity index (χ0v) is 11.1. The average molecular weight is 250 g/mol. The fourth-order valence-corrected chi connectivity index (χ4v) is 2.30. The third-order valence-electron chi connectivity index (χ3n) is 3.48. The van der Waals surface area contributed by atoms with Crippen molar-refractivity contribution in [2.75, 3.05) is 36.9 Å². The van der Waals surface area contributed by atoms with Gasteiger partial charge in [-0.3, -0.25) is 5.43 Å². The zero-order valence-electron chi connectivity index (χ0n) is 11.1. The summed E-state index contributed by atoms with van der Waals surface area (Å²) in [7, 11) is 0. The van der Waals surface area contributed by atoms with E-state index in [1.165, 1.54) is 19.5 Å². The summed E-state index contributed by atoms with van der Waals surface area (Å²) in [5, 5.41) is 3.40. The lowest BCUT2D eigenvalue weighted by atomic mass is 10.1. The van der Waals surface area contributed by atoms with E-state index in [9.17, 15) is 0 Å². The van der Waals surface area contributed by atoms with Gasteiger partial charge < -0.3 is 10.2 Å². The molecule has 2 rings (SSSR count). The molecule has 0 aliphatic carbocycles. The van der Waals surface area contributed by atoms with Crippen molar-refractivity contribution in [3.63, 3.8) is 0 Å². The van der Waals surface area contributed by atoms with Crippen molar-refractivity contribution >= 4 is 11.8 Å². The number of aromatic nitrogens is 2. The number of nitrogens with one attached hydrogen (secondary N) is 2. The summed E-state index contributed by atoms with van der Waals surface area (Å²) in [5.74, 6) is 7.33. The molecule has 6 heteroatoms. The van der Waals surface area contributed by atoms with Gasteiger partial charge in [0.05, 0.1) is 0 Å². The van der Waals surface area contributed by atoms with Gasteiger partial charge in [0.15, 0.2) is 0 Å². The molecule has 2 heterocycles. The largest absolute Gasteiger partial charge is 0.369 e. The lowest BCUT2D eigenvalue weighted by molar-refractivity contribution is 0.345. The third-order valence-corrected chi connectivity index (χ3v) is 3.48. The van der Waals surface area contributed by atoms with E-state index in [1.807, 2.05) is 6.92 Å². The normalized spacial score (nSPS) is 20.1. The highest BCUT2D eigenvalue weighted by Crippen LogP contribution is 2.18. The van der Waals surface area contributed by atoms with Crippen LogP contribution in [0.25, 0.3) is 0 Å². The predicted octanol–water partition coefficient (Wildman–Crippen LogP) is 0.824. The number of nitrogens with two attached hydrogens (primary N) is 1. The van der Waals surface area contributed by atoms with Gasteiger partial charge >= 0.3 is 0 Å². The first kappa shape index (κ1) is 13.0. The Kier molecular flexibility index (Phi) is 4.33. The van der Waals surface area contributed by atoms with Crippen LogP contribution in [0, 0.1) is 12.8 Å². The standard InChI is InChI=1S/C12H22N6/c1-3-18-5-4-10(8-18)7-14-11-9(2)6-15-12(16-11)17-13/h6,10H,3-5,7-8,13H2,1-2H3,(H2,14,15,16,17). The summed E-state index contributed by atoms with van der Waals surface area (Å²) in [5.41, 5.74) is 3.51. The van der Waals surface area contributed by atoms with E-state index in [0.29, 0.717) is 11.9 Å². The number of hydrazine groups is 1. The molecule has 1 saturated heterocycles. The number of rotatable bonds is 5. The van der Waals surface area contributed by atoms with Crippen molar-refractivity contribution in [3.05, 3.63) is 11.8 Å². The highest BCUT2D eigenvalue weighted by atomic mass is 15.3. The molecule has 0 aromatic carbocycles. The molecule has 100 valence electrons. The molecule has 1 aromatic heterocycles. The Hall–Kier alpha value is -1.40. The molecule has 0 amide bonds. The maximum Gasteiger partial charge on any atom is 0.239 e. The van der Waals surface area contributed by atoms with Gasteiger partial charge in [0.2, 0.25) is 5.95 Å². The summed E-state index contributed by atoms with van der Waals surface area (Å²) in [6.45, 7) is 8.69. The van der Waals surface area contributed by atoms with Gasteiger partial charge in [0, 0.05) is 24.8 Å². The molecule has 0 bridgehead atoms. The monoisotopic (exact) mass is 250 g/mol. The van der Waals surface area contributed by atoms with Crippen LogP contribution in [0.15, 0.2) is 6.20 Å². The number of hydrogen-bond acceptors (Lipinski definition) is 6. The van der Waals surface area contributed by atoms with Gasteiger partial charge in [0.25, 0.3) is 0 Å². The minimum Gasteiger partial charge on any atom is -0.369 e. The van der Waals surface area contributed by atoms with Crippen molar-refractivity contribution in [1.82, 2.24) is 14.9 Å². The predicted molar refractivity (Wildman–Crippen MR) is 73.3 cm³/mol. The zero-order chi connectivity index (χ0) is 13.0. The maximum absolute atomic E-state index is 5.31. The summed E-state index contributed by atoms with van der Waals surface area (Å²) < 4.78 is 0. The second kappa shape index (κ2) is 5.97. The van der Waals surface area contributed by atoms with Crippen molar-refractivity contribution in [2.24, 2.45) is 11.8 Å². The number of anilines is 2. The molecule has 4 N–H and O–H groups in total. The number of hydrogen-bond donors (Lipinski definition) is 3. The molecular weight excluding hydrogens is 228 g/mol. The Balaban J connectivity index is 1.90. The van der Waals surface area contributed by atoms with Crippen LogP contribution in [0.3, 0.4) is 0 Å². The van der Waals surface area contributed by atoms with Crippen LogP contribution < -0.4 is 16.6 Å². The maximum atomic E-state index is 5.31. The smallest absolute Gasteiger partial charge is 0.239 e. The molecule has 1 atom stereocenters. The highest BCUT2D eigenvalue weighted by Gasteiger charge is 2.20. The summed E-state index contributed by atoms with van der Waals surface area (Å²) in [4.78, 5) is 10.9. The van der Waals surface area contributed by atoms with E-state index in [2.05, 4.69) is 32.5 Å². The first-order valence-electron chi connectivity index (χ1n) is 6.49. The van der Waals surface area contributed by atoms with Crippen LogP contribution >= 0.6 is 0 Å². The molecule has 0 spiro atoms. The first-order valence-corrected chi connectivity index (χ1v) is 6.49. The van der Waals surface area contributed by atoms with Crippen molar-refractivity contribution < 1.29 is 0 Å². The molecule has 1 unspecified atom stereocenters. The van der Waals surface area contributed by atoms with E-state index in [1.54, 1.807) is 6.20 Å². The molecule has 1 aliphatic heterocycles. The summed E-state index contributed by atoms with van der Waals surface area (Å²) in [6.07, 6.45) is 3.03. The Morgan fingerprint density at radius 2 is 2.39 bits per heavy atom. The van der Waals surface area contributed by atoms with Crippen LogP contribution in [0.5, 0.6) is 0 Å². The van der Waals surface area contributed by atoms with E-state index in [4.69, 9.17) is 5.84 Å². The molecule has 1 aromatic rings. The second-order valence-corrected chi connectivity index (χ2v) is 4.80. The second-order valence-electron chi connectivity index (χ2n) is 4.80. The van der Waals surface area contributed by atoms with Gasteiger partial charge in [-0.1, -0.05) is 6.92 Å². The lowest BCUT2D eigenvalue weighted by Gasteiger charge is -2.15. The third kappa shape index (κ3) is 3.08. The van der Waals surface area contributed by atoms with Gasteiger partial charge in [-0.05, 0) is 32.4 Å². The fraction of sp³-hybridized carbons (Fsp3) is 0.667. The SMILES string of the molecule is CCN1CCC(CNc2nc(NN)ncc2C)C1.